The number of esters is 1. The van der Waals surface area contributed by atoms with Crippen molar-refractivity contribution in [3.63, 3.8) is 0 Å². The largest absolute Gasteiger partial charge is 1.00 e. The van der Waals surface area contributed by atoms with Gasteiger partial charge in [-0.25, -0.2) is 4.79 Å². The molecule has 2 aromatic carbocycles. The molecule has 0 unspecified atom stereocenters. The Morgan fingerprint density at radius 2 is 1.68 bits per heavy atom. The molecule has 1 N–H and O–H groups in total. The molecule has 1 atom stereocenters. The molecule has 7 heteroatoms. The first kappa shape index (κ1) is 28.4. The molecule has 0 aliphatic heterocycles. The number of hydrogen-bond acceptors (Lipinski definition) is 3. The molecular formula is C30H36BrN3O3. The zero-order valence-electron chi connectivity index (χ0n) is 22.0. The Morgan fingerprint density at radius 1 is 0.973 bits per heavy atom. The van der Waals surface area contributed by atoms with E-state index in [4.69, 9.17) is 4.74 Å². The molecular weight excluding hydrogens is 530 g/mol. The zero-order chi connectivity index (χ0) is 25.7. The lowest BCUT2D eigenvalue weighted by Crippen LogP contribution is -3.00. The Labute approximate surface area is 229 Å². The van der Waals surface area contributed by atoms with Crippen LogP contribution >= 0.6 is 0 Å². The third-order valence-electron chi connectivity index (χ3n) is 6.58. The highest BCUT2D eigenvalue weighted by Crippen LogP contribution is 2.29. The number of hydrogen-bond donors (Lipinski definition) is 1. The van der Waals surface area contributed by atoms with Gasteiger partial charge in [0.1, 0.15) is 11.6 Å². The predicted octanol–water partition coefficient (Wildman–Crippen LogP) is 2.25. The second-order valence-electron chi connectivity index (χ2n) is 9.54. The van der Waals surface area contributed by atoms with Gasteiger partial charge in [0, 0.05) is 34.5 Å². The summed E-state index contributed by atoms with van der Waals surface area (Å²) in [5, 5.41) is 5.11. The number of nitrogens with zero attached hydrogens (tertiary/aromatic N) is 2. The fraction of sp³-hybridized carbons (Fsp3) is 0.367. The number of fused-ring (bicyclic) bond motifs is 3. The van der Waals surface area contributed by atoms with Crippen LogP contribution in [0.5, 0.6) is 0 Å². The Balaban J connectivity index is 0.00000380. The normalized spacial score (nSPS) is 11.9. The zero-order valence-corrected chi connectivity index (χ0v) is 23.6. The van der Waals surface area contributed by atoms with E-state index in [2.05, 4.69) is 53.3 Å². The van der Waals surface area contributed by atoms with E-state index in [1.165, 1.54) is 0 Å². The van der Waals surface area contributed by atoms with E-state index in [-0.39, 0.29) is 35.4 Å². The van der Waals surface area contributed by atoms with Crippen LogP contribution in [0.4, 0.5) is 0 Å². The quantitative estimate of drug-likeness (QED) is 0.237. The molecule has 0 saturated heterocycles. The monoisotopic (exact) mass is 565 g/mol. The van der Waals surface area contributed by atoms with Crippen LogP contribution in [-0.4, -0.2) is 29.1 Å². The van der Waals surface area contributed by atoms with E-state index < -0.39 is 12.0 Å². The number of halogens is 1. The highest BCUT2D eigenvalue weighted by atomic mass is 79.9. The Hall–Kier alpha value is -3.19. The van der Waals surface area contributed by atoms with E-state index >= 15 is 0 Å². The van der Waals surface area contributed by atoms with Crippen molar-refractivity contribution in [2.24, 2.45) is 5.92 Å². The van der Waals surface area contributed by atoms with Gasteiger partial charge in [0.15, 0.2) is 12.7 Å². The number of carbonyl (C=O) groups is 2. The number of ether oxygens (including phenoxy) is 1. The van der Waals surface area contributed by atoms with Crippen LogP contribution in [0.2, 0.25) is 0 Å². The van der Waals surface area contributed by atoms with Gasteiger partial charge in [0.05, 0.1) is 6.61 Å². The van der Waals surface area contributed by atoms with Crippen molar-refractivity contribution < 1.29 is 35.9 Å². The lowest BCUT2D eigenvalue weighted by atomic mass is 10.0. The van der Waals surface area contributed by atoms with Gasteiger partial charge in [-0.3, -0.25) is 4.79 Å². The SMILES string of the molecule is CCCCn1c2ccccc2c2cc(C(=O)N[C@H](C(=O)OCC)C(C)C)[n+](Cc3ccccc3)cc21.[Br-]. The number of aryl methyl sites for hydroxylation is 1. The number of amides is 1. The second-order valence-corrected chi connectivity index (χ2v) is 9.54. The van der Waals surface area contributed by atoms with Crippen molar-refractivity contribution in [1.82, 2.24) is 9.88 Å². The topological polar surface area (TPSA) is 64.2 Å². The van der Waals surface area contributed by atoms with Gasteiger partial charge in [-0.1, -0.05) is 75.7 Å². The predicted molar refractivity (Wildman–Crippen MR) is 143 cm³/mol. The summed E-state index contributed by atoms with van der Waals surface area (Å²) in [6.45, 7) is 9.51. The number of aromatic nitrogens is 2. The Bertz CT molecular complexity index is 1370. The number of pyridine rings is 1. The molecule has 6 nitrogen and oxygen atoms in total. The summed E-state index contributed by atoms with van der Waals surface area (Å²) in [4.78, 5) is 26.3. The van der Waals surface area contributed by atoms with E-state index in [1.54, 1.807) is 6.92 Å². The average molecular weight is 567 g/mol. The molecule has 0 saturated carbocycles. The third kappa shape index (κ3) is 6.21. The molecule has 196 valence electrons. The number of benzene rings is 2. The molecule has 0 aliphatic carbocycles. The Kier molecular flexibility index (Phi) is 9.86. The first-order valence-corrected chi connectivity index (χ1v) is 12.9. The number of rotatable bonds is 10. The lowest BCUT2D eigenvalue weighted by Gasteiger charge is -2.20. The molecule has 2 heterocycles. The maximum atomic E-state index is 13.7. The van der Waals surface area contributed by atoms with Crippen molar-refractivity contribution in [1.29, 1.82) is 0 Å². The minimum atomic E-state index is -0.718. The van der Waals surface area contributed by atoms with Crippen LogP contribution in [0, 0.1) is 5.92 Å². The highest BCUT2D eigenvalue weighted by molar-refractivity contribution is 6.09. The van der Waals surface area contributed by atoms with Crippen LogP contribution in [0.15, 0.2) is 66.9 Å². The number of unbranched alkanes of at least 4 members (excludes halogenated alkanes) is 1. The molecule has 2 aromatic heterocycles. The highest BCUT2D eigenvalue weighted by Gasteiger charge is 2.30. The van der Waals surface area contributed by atoms with Gasteiger partial charge in [0.2, 0.25) is 0 Å². The summed E-state index contributed by atoms with van der Waals surface area (Å²) in [6, 6.07) is 19.7. The van der Waals surface area contributed by atoms with Crippen molar-refractivity contribution in [2.45, 2.75) is 59.7 Å². The molecule has 4 rings (SSSR count). The fourth-order valence-corrected chi connectivity index (χ4v) is 4.69. The van der Waals surface area contributed by atoms with E-state index in [9.17, 15) is 9.59 Å². The Morgan fingerprint density at radius 3 is 2.35 bits per heavy atom. The minimum absolute atomic E-state index is 0. The van der Waals surface area contributed by atoms with Gasteiger partial charge in [-0.15, -0.1) is 0 Å². The fourth-order valence-electron chi connectivity index (χ4n) is 4.69. The summed E-state index contributed by atoms with van der Waals surface area (Å²) in [5.74, 6) is -0.798. The molecule has 4 aromatic rings. The lowest BCUT2D eigenvalue weighted by molar-refractivity contribution is -0.689. The smallest absolute Gasteiger partial charge is 0.328 e. The van der Waals surface area contributed by atoms with Crippen molar-refractivity contribution in [2.75, 3.05) is 6.61 Å². The molecule has 37 heavy (non-hydrogen) atoms. The van der Waals surface area contributed by atoms with Crippen LogP contribution in [0.25, 0.3) is 21.8 Å². The van der Waals surface area contributed by atoms with E-state index in [0.717, 1.165) is 46.8 Å². The maximum absolute atomic E-state index is 13.7. The molecule has 1 amide bonds. The number of nitrogens with one attached hydrogen (secondary N) is 1. The van der Waals surface area contributed by atoms with Gasteiger partial charge in [0.25, 0.3) is 5.69 Å². The van der Waals surface area contributed by atoms with Crippen LogP contribution in [-0.2, 0) is 22.6 Å². The first-order valence-electron chi connectivity index (χ1n) is 12.9. The summed E-state index contributed by atoms with van der Waals surface area (Å²) in [5.41, 5.74) is 3.87. The molecule has 0 fully saturated rings. The summed E-state index contributed by atoms with van der Waals surface area (Å²) in [7, 11) is 0. The van der Waals surface area contributed by atoms with Crippen molar-refractivity contribution >= 4 is 33.7 Å². The van der Waals surface area contributed by atoms with Gasteiger partial charge in [-0.05, 0) is 25.3 Å². The van der Waals surface area contributed by atoms with Crippen molar-refractivity contribution in [3.05, 3.63) is 78.1 Å². The van der Waals surface area contributed by atoms with Crippen molar-refractivity contribution in [3.8, 4) is 0 Å². The molecule has 0 aliphatic rings. The second kappa shape index (κ2) is 12.9. The number of para-hydroxylation sites is 1. The van der Waals surface area contributed by atoms with Crippen LogP contribution in [0.1, 0.15) is 56.6 Å². The standard InChI is InChI=1S/C30H35N3O3.BrH/c1-5-7-17-33-25-16-12-11-15-23(25)24-18-26(29(34)31-28(21(3)4)30(35)36-6-2)32(20-27(24)33)19-22-13-9-8-10-14-22;/h8-16,18,20-21,28H,5-7,17,19H2,1-4H3;1H/t28-;/m0./s1. The summed E-state index contributed by atoms with van der Waals surface area (Å²) < 4.78 is 9.58. The minimum Gasteiger partial charge on any atom is -1.00 e. The van der Waals surface area contributed by atoms with Crippen LogP contribution in [0.3, 0.4) is 0 Å². The maximum Gasteiger partial charge on any atom is 0.328 e. The summed E-state index contributed by atoms with van der Waals surface area (Å²) in [6.07, 6.45) is 4.26. The van der Waals surface area contributed by atoms with E-state index in [1.807, 2.05) is 48.7 Å². The summed E-state index contributed by atoms with van der Waals surface area (Å²) >= 11 is 0. The molecule has 0 bridgehead atoms. The average Bonchev–Trinajstić information content (AvgIpc) is 3.18. The van der Waals surface area contributed by atoms with Gasteiger partial charge in [-0.2, -0.15) is 4.57 Å². The van der Waals surface area contributed by atoms with Crippen LogP contribution < -0.4 is 26.9 Å². The van der Waals surface area contributed by atoms with Gasteiger partial charge < -0.3 is 31.6 Å². The third-order valence-corrected chi connectivity index (χ3v) is 6.58. The molecule has 0 spiro atoms. The van der Waals surface area contributed by atoms with E-state index in [0.29, 0.717) is 12.2 Å². The first-order chi connectivity index (χ1) is 17.4. The molecule has 0 radical (unpaired) electrons. The van der Waals surface area contributed by atoms with Gasteiger partial charge >= 0.3 is 11.9 Å². The number of carbonyl (C=O) groups excluding carboxylic acids is 2.